The normalized spacial score (nSPS) is 13.6. The molecule has 0 saturated heterocycles. The highest BCUT2D eigenvalue weighted by Gasteiger charge is 2.23. The van der Waals surface area contributed by atoms with Crippen molar-refractivity contribution in [1.29, 1.82) is 0 Å². The summed E-state index contributed by atoms with van der Waals surface area (Å²) in [6.45, 7) is 0. The van der Waals surface area contributed by atoms with Crippen LogP contribution in [0.3, 0.4) is 0 Å². The van der Waals surface area contributed by atoms with Crippen LogP contribution in [0.4, 0.5) is 0 Å². The molecule has 1 aromatic carbocycles. The van der Waals surface area contributed by atoms with Crippen LogP contribution in [0.2, 0.25) is 0 Å². The van der Waals surface area contributed by atoms with Gasteiger partial charge in [-0.05, 0) is 18.4 Å². The molecule has 19 heavy (non-hydrogen) atoms. The molecule has 0 aromatic heterocycles. The predicted octanol–water partition coefficient (Wildman–Crippen LogP) is -0.144. The van der Waals surface area contributed by atoms with E-state index in [0.29, 0.717) is 6.42 Å². The average molecular weight is 266 g/mol. The van der Waals surface area contributed by atoms with Crippen molar-refractivity contribution in [2.45, 2.75) is 31.5 Å². The van der Waals surface area contributed by atoms with Crippen molar-refractivity contribution in [3.8, 4) is 0 Å². The standard InChI is InChI=1S/C13H18N2O4/c14-12(11(17)13(18)19)15-10(16)8-4-7-9-5-2-1-3-6-9/h1-3,5-6,11-12,17H,4,7-8,14H2,(H,15,16)(H,18,19)/t11-,12+/m0/s1. The van der Waals surface area contributed by atoms with E-state index in [1.54, 1.807) is 0 Å². The van der Waals surface area contributed by atoms with Gasteiger partial charge in [0.25, 0.3) is 0 Å². The summed E-state index contributed by atoms with van der Waals surface area (Å²) in [7, 11) is 0. The zero-order valence-corrected chi connectivity index (χ0v) is 10.5. The lowest BCUT2D eigenvalue weighted by molar-refractivity contribution is -0.148. The molecule has 0 radical (unpaired) electrons. The van der Waals surface area contributed by atoms with E-state index < -0.39 is 18.2 Å². The highest BCUT2D eigenvalue weighted by Crippen LogP contribution is 2.04. The lowest BCUT2D eigenvalue weighted by Gasteiger charge is -2.16. The minimum atomic E-state index is -1.79. The second-order valence-electron chi connectivity index (χ2n) is 4.22. The molecule has 6 heteroatoms. The summed E-state index contributed by atoms with van der Waals surface area (Å²) in [5.74, 6) is -1.83. The molecular formula is C13H18N2O4. The van der Waals surface area contributed by atoms with Crippen molar-refractivity contribution in [2.24, 2.45) is 5.73 Å². The van der Waals surface area contributed by atoms with Crippen LogP contribution >= 0.6 is 0 Å². The smallest absolute Gasteiger partial charge is 0.336 e. The number of aliphatic hydroxyl groups is 1. The van der Waals surface area contributed by atoms with E-state index >= 15 is 0 Å². The number of aryl methyl sites for hydroxylation is 1. The molecule has 0 aliphatic carbocycles. The summed E-state index contributed by atoms with van der Waals surface area (Å²) in [6, 6.07) is 9.71. The fraction of sp³-hybridized carbons (Fsp3) is 0.385. The number of rotatable bonds is 7. The lowest BCUT2D eigenvalue weighted by Crippen LogP contribution is -2.52. The van der Waals surface area contributed by atoms with Gasteiger partial charge >= 0.3 is 5.97 Å². The zero-order chi connectivity index (χ0) is 14.3. The molecule has 1 aromatic rings. The van der Waals surface area contributed by atoms with Gasteiger partial charge < -0.3 is 21.3 Å². The third-order valence-corrected chi connectivity index (χ3v) is 2.63. The monoisotopic (exact) mass is 266 g/mol. The van der Waals surface area contributed by atoms with Crippen molar-refractivity contribution < 1.29 is 19.8 Å². The predicted molar refractivity (Wildman–Crippen MR) is 69.1 cm³/mol. The largest absolute Gasteiger partial charge is 0.479 e. The fourth-order valence-electron chi connectivity index (χ4n) is 1.59. The van der Waals surface area contributed by atoms with Crippen LogP contribution in [-0.2, 0) is 16.0 Å². The number of nitrogens with one attached hydrogen (secondary N) is 1. The molecule has 6 nitrogen and oxygen atoms in total. The molecular weight excluding hydrogens is 248 g/mol. The number of nitrogens with two attached hydrogens (primary N) is 1. The van der Waals surface area contributed by atoms with Crippen LogP contribution in [0.1, 0.15) is 18.4 Å². The van der Waals surface area contributed by atoms with Gasteiger partial charge in [0.15, 0.2) is 6.10 Å². The van der Waals surface area contributed by atoms with E-state index in [2.05, 4.69) is 5.32 Å². The molecule has 0 saturated carbocycles. The Bertz CT molecular complexity index is 422. The van der Waals surface area contributed by atoms with Crippen LogP contribution in [0.5, 0.6) is 0 Å². The number of carboxylic acid groups (broad SMARTS) is 1. The summed E-state index contributed by atoms with van der Waals surface area (Å²) in [5, 5.41) is 19.9. The second kappa shape index (κ2) is 7.50. The molecule has 0 heterocycles. The van der Waals surface area contributed by atoms with Crippen LogP contribution in [0.15, 0.2) is 30.3 Å². The number of aliphatic hydroxyl groups excluding tert-OH is 1. The Balaban J connectivity index is 2.26. The van der Waals surface area contributed by atoms with Gasteiger partial charge in [0.2, 0.25) is 5.91 Å². The Labute approximate surface area is 111 Å². The van der Waals surface area contributed by atoms with Gasteiger partial charge in [-0.3, -0.25) is 4.79 Å². The first-order valence-electron chi connectivity index (χ1n) is 6.00. The van der Waals surface area contributed by atoms with Crippen LogP contribution in [0.25, 0.3) is 0 Å². The minimum Gasteiger partial charge on any atom is -0.479 e. The van der Waals surface area contributed by atoms with Gasteiger partial charge in [-0.2, -0.15) is 0 Å². The highest BCUT2D eigenvalue weighted by molar-refractivity contribution is 5.78. The number of hydrogen-bond donors (Lipinski definition) is 4. The molecule has 2 atom stereocenters. The quantitative estimate of drug-likeness (QED) is 0.513. The summed E-state index contributed by atoms with van der Waals surface area (Å²) in [5.41, 5.74) is 6.47. The van der Waals surface area contributed by atoms with Crippen LogP contribution in [-0.4, -0.2) is 34.4 Å². The van der Waals surface area contributed by atoms with E-state index in [-0.39, 0.29) is 12.3 Å². The van der Waals surface area contributed by atoms with E-state index in [4.69, 9.17) is 15.9 Å². The Morgan fingerprint density at radius 2 is 1.89 bits per heavy atom. The number of amides is 1. The van der Waals surface area contributed by atoms with Gasteiger partial charge in [0, 0.05) is 6.42 Å². The van der Waals surface area contributed by atoms with E-state index in [0.717, 1.165) is 12.0 Å². The first-order valence-corrected chi connectivity index (χ1v) is 6.00. The van der Waals surface area contributed by atoms with E-state index in [1.165, 1.54) is 0 Å². The molecule has 0 spiro atoms. The first-order chi connectivity index (χ1) is 9.00. The summed E-state index contributed by atoms with van der Waals surface area (Å²) in [6.07, 6.45) is -1.47. The minimum absolute atomic E-state index is 0.231. The number of carbonyl (C=O) groups excluding carboxylic acids is 1. The molecule has 0 fully saturated rings. The van der Waals surface area contributed by atoms with Crippen LogP contribution in [0, 0.1) is 0 Å². The SMILES string of the molecule is N[C@H](NC(=O)CCCc1ccccc1)[C@H](O)C(=O)O. The topological polar surface area (TPSA) is 113 Å². The molecule has 0 unspecified atom stereocenters. The average Bonchev–Trinajstić information content (AvgIpc) is 2.38. The number of aliphatic carboxylic acids is 1. The van der Waals surface area contributed by atoms with Gasteiger partial charge in [-0.15, -0.1) is 0 Å². The molecule has 1 rings (SSSR count). The van der Waals surface area contributed by atoms with Crippen molar-refractivity contribution in [3.05, 3.63) is 35.9 Å². The van der Waals surface area contributed by atoms with Crippen LogP contribution < -0.4 is 11.1 Å². The zero-order valence-electron chi connectivity index (χ0n) is 10.5. The third kappa shape index (κ3) is 5.50. The Hall–Kier alpha value is -1.92. The number of carboxylic acids is 1. The third-order valence-electron chi connectivity index (χ3n) is 2.63. The molecule has 0 bridgehead atoms. The summed E-state index contributed by atoms with van der Waals surface area (Å²) < 4.78 is 0. The van der Waals surface area contributed by atoms with Gasteiger partial charge in [0.05, 0.1) is 0 Å². The van der Waals surface area contributed by atoms with Crippen molar-refractivity contribution >= 4 is 11.9 Å². The maximum Gasteiger partial charge on any atom is 0.336 e. The van der Waals surface area contributed by atoms with Crippen molar-refractivity contribution in [3.63, 3.8) is 0 Å². The number of benzene rings is 1. The summed E-state index contributed by atoms with van der Waals surface area (Å²) in [4.78, 5) is 21.9. The Morgan fingerprint density at radius 1 is 1.26 bits per heavy atom. The maximum absolute atomic E-state index is 11.5. The number of carbonyl (C=O) groups is 2. The van der Waals surface area contributed by atoms with Crippen molar-refractivity contribution in [2.75, 3.05) is 0 Å². The highest BCUT2D eigenvalue weighted by atomic mass is 16.4. The second-order valence-corrected chi connectivity index (χ2v) is 4.22. The Morgan fingerprint density at radius 3 is 2.47 bits per heavy atom. The molecule has 1 amide bonds. The summed E-state index contributed by atoms with van der Waals surface area (Å²) >= 11 is 0. The molecule has 104 valence electrons. The first kappa shape index (κ1) is 15.1. The van der Waals surface area contributed by atoms with Crippen molar-refractivity contribution in [1.82, 2.24) is 5.32 Å². The molecule has 0 aliphatic rings. The van der Waals surface area contributed by atoms with Gasteiger partial charge in [-0.1, -0.05) is 30.3 Å². The lowest BCUT2D eigenvalue weighted by atomic mass is 10.1. The molecule has 0 aliphatic heterocycles. The maximum atomic E-state index is 11.5. The van der Waals surface area contributed by atoms with Gasteiger partial charge in [0.1, 0.15) is 6.17 Å². The fourth-order valence-corrected chi connectivity index (χ4v) is 1.59. The number of hydrogen-bond acceptors (Lipinski definition) is 4. The molecule has 5 N–H and O–H groups in total. The Kier molecular flexibility index (Phi) is 5.98. The van der Waals surface area contributed by atoms with E-state index in [9.17, 15) is 9.59 Å². The van der Waals surface area contributed by atoms with E-state index in [1.807, 2.05) is 30.3 Å². The van der Waals surface area contributed by atoms with Gasteiger partial charge in [-0.25, -0.2) is 4.79 Å².